The molecule has 0 aromatic carbocycles. The van der Waals surface area contributed by atoms with E-state index in [-0.39, 0.29) is 5.41 Å². The average Bonchev–Trinajstić information content (AvgIpc) is 2.28. The normalized spacial score (nSPS) is 11.7. The van der Waals surface area contributed by atoms with Gasteiger partial charge in [0.15, 0.2) is 0 Å². The van der Waals surface area contributed by atoms with Gasteiger partial charge < -0.3 is 5.11 Å². The summed E-state index contributed by atoms with van der Waals surface area (Å²) in [5, 5.41) is 10.5. The Morgan fingerprint density at radius 2 is 2.08 bits per heavy atom. The number of aromatic carboxylic acids is 1. The van der Waals surface area contributed by atoms with Gasteiger partial charge in [-0.2, -0.15) is 0 Å². The number of carboxylic acid groups (broad SMARTS) is 1. The van der Waals surface area contributed by atoms with Crippen LogP contribution in [0.5, 0.6) is 0 Å². The molecule has 72 valence electrons. The van der Waals surface area contributed by atoms with E-state index in [1.165, 1.54) is 11.3 Å². The summed E-state index contributed by atoms with van der Waals surface area (Å²) in [6.45, 7) is 6.19. The molecule has 2 nitrogen and oxygen atoms in total. The third kappa shape index (κ3) is 2.11. The summed E-state index contributed by atoms with van der Waals surface area (Å²) in [7, 11) is 0. The number of carboxylic acids is 1. The molecule has 0 aliphatic heterocycles. The largest absolute Gasteiger partial charge is 0.478 e. The highest BCUT2D eigenvalue weighted by Gasteiger charge is 2.23. The van der Waals surface area contributed by atoms with Gasteiger partial charge in [0.25, 0.3) is 0 Å². The van der Waals surface area contributed by atoms with Gasteiger partial charge in [0.05, 0.1) is 5.56 Å². The summed E-state index contributed by atoms with van der Waals surface area (Å²) in [5.74, 6) is -0.876. The first-order valence-electron chi connectivity index (χ1n) is 3.85. The van der Waals surface area contributed by atoms with E-state index < -0.39 is 5.97 Å². The van der Waals surface area contributed by atoms with Crippen LogP contribution in [-0.2, 0) is 5.41 Å². The minimum absolute atomic E-state index is 0.00278. The molecule has 0 amide bonds. The van der Waals surface area contributed by atoms with Crippen molar-refractivity contribution in [2.75, 3.05) is 0 Å². The van der Waals surface area contributed by atoms with Crippen LogP contribution in [-0.4, -0.2) is 11.1 Å². The lowest BCUT2D eigenvalue weighted by Gasteiger charge is -2.16. The van der Waals surface area contributed by atoms with Gasteiger partial charge in [0.2, 0.25) is 0 Å². The summed E-state index contributed by atoms with van der Waals surface area (Å²) in [6.07, 6.45) is 0. The zero-order valence-corrected chi connectivity index (χ0v) is 10.1. The monoisotopic (exact) mass is 262 g/mol. The molecule has 1 N–H and O–H groups in total. The molecule has 1 heterocycles. The van der Waals surface area contributed by atoms with Crippen LogP contribution in [0.4, 0.5) is 0 Å². The van der Waals surface area contributed by atoms with Crippen LogP contribution in [0.1, 0.15) is 36.0 Å². The number of hydrogen-bond donors (Lipinski definition) is 1. The van der Waals surface area contributed by atoms with E-state index in [1.807, 2.05) is 0 Å². The van der Waals surface area contributed by atoms with Crippen molar-refractivity contribution in [1.82, 2.24) is 0 Å². The Bertz CT molecular complexity index is 336. The second-order valence-electron chi connectivity index (χ2n) is 3.85. The van der Waals surface area contributed by atoms with E-state index in [0.29, 0.717) is 5.56 Å². The van der Waals surface area contributed by atoms with Gasteiger partial charge in [0.1, 0.15) is 0 Å². The number of hydrogen-bond acceptors (Lipinski definition) is 2. The molecular weight excluding hydrogens is 252 g/mol. The quantitative estimate of drug-likeness (QED) is 0.841. The molecule has 1 rings (SSSR count). The molecule has 1 aromatic rings. The summed E-state index contributed by atoms with van der Waals surface area (Å²) >= 11 is 4.80. The third-order valence-electron chi connectivity index (χ3n) is 1.64. The first-order valence-corrected chi connectivity index (χ1v) is 5.52. The van der Waals surface area contributed by atoms with Crippen LogP contribution >= 0.6 is 27.3 Å². The Morgan fingerprint density at radius 3 is 2.31 bits per heavy atom. The predicted molar refractivity (Wildman–Crippen MR) is 57.7 cm³/mol. The predicted octanol–water partition coefficient (Wildman–Crippen LogP) is 3.51. The van der Waals surface area contributed by atoms with Gasteiger partial charge >= 0.3 is 5.97 Å². The van der Waals surface area contributed by atoms with E-state index in [0.717, 1.165) is 9.35 Å². The Morgan fingerprint density at radius 1 is 1.54 bits per heavy atom. The minimum Gasteiger partial charge on any atom is -0.478 e. The van der Waals surface area contributed by atoms with Crippen molar-refractivity contribution in [3.63, 3.8) is 0 Å². The van der Waals surface area contributed by atoms with E-state index in [9.17, 15) is 4.79 Å². The van der Waals surface area contributed by atoms with Crippen molar-refractivity contribution in [3.05, 3.63) is 20.3 Å². The second-order valence-corrected chi connectivity index (χ2v) is 5.52. The zero-order chi connectivity index (χ0) is 10.2. The minimum atomic E-state index is -0.876. The first kappa shape index (κ1) is 10.7. The lowest BCUT2D eigenvalue weighted by molar-refractivity contribution is 0.0696. The van der Waals surface area contributed by atoms with Gasteiger partial charge in [-0.1, -0.05) is 20.8 Å². The highest BCUT2D eigenvalue weighted by molar-refractivity contribution is 9.10. The molecule has 0 atom stereocenters. The molecule has 0 aliphatic carbocycles. The maximum atomic E-state index is 10.7. The highest BCUT2D eigenvalue weighted by atomic mass is 79.9. The molecule has 0 aliphatic rings. The first-order chi connectivity index (χ1) is 5.84. The van der Waals surface area contributed by atoms with Gasteiger partial charge in [-0.25, -0.2) is 4.79 Å². The Hall–Kier alpha value is -0.350. The van der Waals surface area contributed by atoms with Crippen LogP contribution in [0.2, 0.25) is 0 Å². The fourth-order valence-corrected chi connectivity index (χ4v) is 3.33. The molecule has 4 heteroatoms. The highest BCUT2D eigenvalue weighted by Crippen LogP contribution is 2.37. The lowest BCUT2D eigenvalue weighted by atomic mass is 9.94. The van der Waals surface area contributed by atoms with E-state index in [1.54, 1.807) is 5.38 Å². The smallest absolute Gasteiger partial charge is 0.337 e. The van der Waals surface area contributed by atoms with Crippen LogP contribution < -0.4 is 0 Å². The Labute approximate surface area is 89.7 Å². The molecule has 0 fully saturated rings. The number of halogens is 1. The van der Waals surface area contributed by atoms with Crippen molar-refractivity contribution < 1.29 is 9.90 Å². The van der Waals surface area contributed by atoms with E-state index in [2.05, 4.69) is 36.7 Å². The fraction of sp³-hybridized carbons (Fsp3) is 0.444. The van der Waals surface area contributed by atoms with E-state index in [4.69, 9.17) is 5.11 Å². The number of carbonyl (C=O) groups is 1. The van der Waals surface area contributed by atoms with Crippen LogP contribution in [0.15, 0.2) is 9.85 Å². The summed E-state index contributed by atoms with van der Waals surface area (Å²) in [6, 6.07) is 0. The molecular formula is C9H11BrO2S. The summed E-state index contributed by atoms with van der Waals surface area (Å²) < 4.78 is 0.720. The number of thiophene rings is 1. The van der Waals surface area contributed by atoms with Crippen LogP contribution in [0.3, 0.4) is 0 Å². The molecule has 0 bridgehead atoms. The molecule has 0 radical (unpaired) electrons. The molecule has 13 heavy (non-hydrogen) atoms. The summed E-state index contributed by atoms with van der Waals surface area (Å²) in [4.78, 5) is 11.8. The molecule has 0 unspecified atom stereocenters. The van der Waals surface area contributed by atoms with Crippen molar-refractivity contribution >= 4 is 33.2 Å². The topological polar surface area (TPSA) is 37.3 Å². The summed E-state index contributed by atoms with van der Waals surface area (Å²) in [5.41, 5.74) is 0.354. The zero-order valence-electron chi connectivity index (χ0n) is 7.72. The van der Waals surface area contributed by atoms with Crippen molar-refractivity contribution in [3.8, 4) is 0 Å². The maximum Gasteiger partial charge on any atom is 0.337 e. The third-order valence-corrected chi connectivity index (χ3v) is 4.13. The van der Waals surface area contributed by atoms with Gasteiger partial charge in [-0.15, -0.1) is 11.3 Å². The average molecular weight is 263 g/mol. The maximum absolute atomic E-state index is 10.7. The van der Waals surface area contributed by atoms with Gasteiger partial charge in [-0.05, 0) is 21.3 Å². The molecule has 0 saturated carbocycles. The lowest BCUT2D eigenvalue weighted by Crippen LogP contribution is -2.09. The Kier molecular flexibility index (Phi) is 2.82. The SMILES string of the molecule is CC(C)(C)c1scc(C(=O)O)c1Br. The van der Waals surface area contributed by atoms with Gasteiger partial charge in [-0.3, -0.25) is 0 Å². The molecule has 0 saturated heterocycles. The van der Waals surface area contributed by atoms with Crippen LogP contribution in [0.25, 0.3) is 0 Å². The Balaban J connectivity index is 3.22. The van der Waals surface area contributed by atoms with Crippen LogP contribution in [0, 0.1) is 0 Å². The molecule has 1 aromatic heterocycles. The van der Waals surface area contributed by atoms with Crippen molar-refractivity contribution in [1.29, 1.82) is 0 Å². The van der Waals surface area contributed by atoms with Crippen molar-refractivity contribution in [2.24, 2.45) is 0 Å². The van der Waals surface area contributed by atoms with Crippen molar-refractivity contribution in [2.45, 2.75) is 26.2 Å². The van der Waals surface area contributed by atoms with Gasteiger partial charge in [0, 0.05) is 14.7 Å². The fourth-order valence-electron chi connectivity index (χ4n) is 0.994. The van der Waals surface area contributed by atoms with E-state index >= 15 is 0 Å². The number of rotatable bonds is 1. The standard InChI is InChI=1S/C9H11BrO2S/c1-9(2,3)7-6(10)5(4-13-7)8(11)12/h4H,1-3H3,(H,11,12). The molecule has 0 spiro atoms. The second kappa shape index (κ2) is 3.42.